The van der Waals surface area contributed by atoms with Crippen molar-refractivity contribution >= 4 is 0 Å². The average molecular weight is 251 g/mol. The van der Waals surface area contributed by atoms with Crippen LogP contribution >= 0.6 is 0 Å². The summed E-state index contributed by atoms with van der Waals surface area (Å²) in [4.78, 5) is 19.1. The first-order valence-corrected chi connectivity index (χ1v) is 6.56. The van der Waals surface area contributed by atoms with Gasteiger partial charge in [-0.2, -0.15) is 0 Å². The van der Waals surface area contributed by atoms with Gasteiger partial charge in [0.05, 0.1) is 5.69 Å². The molecule has 2 rings (SSSR count). The van der Waals surface area contributed by atoms with Gasteiger partial charge < -0.3 is 15.0 Å². The lowest BCUT2D eigenvalue weighted by Crippen LogP contribution is -2.26. The van der Waals surface area contributed by atoms with E-state index in [-0.39, 0.29) is 5.56 Å². The van der Waals surface area contributed by atoms with Crippen LogP contribution in [0.1, 0.15) is 44.1 Å². The van der Waals surface area contributed by atoms with Gasteiger partial charge in [-0.15, -0.1) is 0 Å². The fourth-order valence-corrected chi connectivity index (χ4v) is 2.09. The maximum atomic E-state index is 11.6. The van der Waals surface area contributed by atoms with Crippen LogP contribution in [0.5, 0.6) is 0 Å². The highest BCUT2D eigenvalue weighted by atomic mass is 16.5. The molecule has 0 bridgehead atoms. The second-order valence-corrected chi connectivity index (χ2v) is 5.04. The Morgan fingerprint density at radius 2 is 2.22 bits per heavy atom. The molecule has 0 aromatic carbocycles. The number of nitrogens with one attached hydrogen (secondary N) is 2. The summed E-state index contributed by atoms with van der Waals surface area (Å²) in [6, 6.07) is 1.95. The van der Waals surface area contributed by atoms with Crippen LogP contribution in [0, 0.1) is 0 Å². The summed E-state index contributed by atoms with van der Waals surface area (Å²) in [5, 5.41) is 3.28. The Morgan fingerprint density at radius 1 is 1.50 bits per heavy atom. The molecule has 2 N–H and O–H groups in total. The van der Waals surface area contributed by atoms with Crippen LogP contribution in [0.15, 0.2) is 10.9 Å². The molecule has 0 atom stereocenters. The number of nitrogens with zero attached hydrogens (tertiary/aromatic N) is 1. The first-order valence-electron chi connectivity index (χ1n) is 6.56. The molecular weight excluding hydrogens is 230 g/mol. The largest absolute Gasteiger partial charge is 0.381 e. The fraction of sp³-hybridized carbons (Fsp3) is 0.692. The van der Waals surface area contributed by atoms with E-state index in [1.54, 1.807) is 6.07 Å². The molecule has 5 nitrogen and oxygen atoms in total. The van der Waals surface area contributed by atoms with E-state index in [2.05, 4.69) is 29.1 Å². The maximum Gasteiger partial charge on any atom is 0.251 e. The molecule has 100 valence electrons. The Balaban J connectivity index is 2.12. The smallest absolute Gasteiger partial charge is 0.251 e. The minimum atomic E-state index is -0.0629. The van der Waals surface area contributed by atoms with Gasteiger partial charge in [-0.3, -0.25) is 4.79 Å². The number of H-pyrrole nitrogens is 1. The van der Waals surface area contributed by atoms with Crippen molar-refractivity contribution in [2.24, 2.45) is 0 Å². The normalized spacial score (nSPS) is 17.3. The minimum absolute atomic E-state index is 0.0629. The minimum Gasteiger partial charge on any atom is -0.381 e. The summed E-state index contributed by atoms with van der Waals surface area (Å²) < 4.78 is 5.33. The Bertz CT molecular complexity index is 436. The van der Waals surface area contributed by atoms with E-state index >= 15 is 0 Å². The number of hydrogen-bond donors (Lipinski definition) is 2. The van der Waals surface area contributed by atoms with E-state index in [1.807, 2.05) is 0 Å². The zero-order chi connectivity index (χ0) is 13.0. The van der Waals surface area contributed by atoms with E-state index in [0.717, 1.165) is 37.6 Å². The first-order chi connectivity index (χ1) is 8.65. The van der Waals surface area contributed by atoms with Crippen molar-refractivity contribution in [2.75, 3.05) is 13.2 Å². The molecule has 1 aliphatic rings. The maximum absolute atomic E-state index is 11.6. The molecule has 1 aromatic heterocycles. The van der Waals surface area contributed by atoms with Gasteiger partial charge in [-0.05, 0) is 12.8 Å². The number of rotatable bonds is 4. The van der Waals surface area contributed by atoms with Crippen LogP contribution in [-0.4, -0.2) is 29.2 Å². The zero-order valence-electron chi connectivity index (χ0n) is 11.0. The third-order valence-corrected chi connectivity index (χ3v) is 3.11. The molecule has 0 unspecified atom stereocenters. The topological polar surface area (TPSA) is 67.0 Å². The van der Waals surface area contributed by atoms with Gasteiger partial charge in [-0.25, -0.2) is 4.98 Å². The lowest BCUT2D eigenvalue weighted by molar-refractivity contribution is 0.0834. The SMILES string of the molecule is CC(C)NCc1cc(=O)[nH]c(C2CCOCC2)n1. The predicted molar refractivity (Wildman–Crippen MR) is 69.6 cm³/mol. The molecule has 5 heteroatoms. The van der Waals surface area contributed by atoms with Gasteiger partial charge in [0, 0.05) is 37.8 Å². The van der Waals surface area contributed by atoms with Crippen molar-refractivity contribution in [3.05, 3.63) is 27.9 Å². The summed E-state index contributed by atoms with van der Waals surface area (Å²) in [7, 11) is 0. The molecule has 1 fully saturated rings. The quantitative estimate of drug-likeness (QED) is 0.842. The highest BCUT2D eigenvalue weighted by Crippen LogP contribution is 2.23. The monoisotopic (exact) mass is 251 g/mol. The average Bonchev–Trinajstić information content (AvgIpc) is 2.37. The summed E-state index contributed by atoms with van der Waals surface area (Å²) in [6.07, 6.45) is 1.87. The van der Waals surface area contributed by atoms with Crippen LogP contribution in [0.4, 0.5) is 0 Å². The third kappa shape index (κ3) is 3.65. The summed E-state index contributed by atoms with van der Waals surface area (Å²) in [6.45, 7) is 6.29. The third-order valence-electron chi connectivity index (χ3n) is 3.11. The van der Waals surface area contributed by atoms with Crippen LogP contribution in [0.2, 0.25) is 0 Å². The number of aromatic nitrogens is 2. The Labute approximate surface area is 107 Å². The van der Waals surface area contributed by atoms with Gasteiger partial charge in [0.2, 0.25) is 0 Å². The van der Waals surface area contributed by atoms with Crippen molar-refractivity contribution in [2.45, 2.75) is 45.2 Å². The number of ether oxygens (including phenoxy) is 1. The zero-order valence-corrected chi connectivity index (χ0v) is 11.0. The van der Waals surface area contributed by atoms with E-state index in [4.69, 9.17) is 4.74 Å². The number of hydrogen-bond acceptors (Lipinski definition) is 4. The van der Waals surface area contributed by atoms with Crippen molar-refractivity contribution in [1.29, 1.82) is 0 Å². The Kier molecular flexibility index (Phi) is 4.49. The molecule has 1 aliphatic heterocycles. The molecule has 0 radical (unpaired) electrons. The molecular formula is C13H21N3O2. The standard InChI is InChI=1S/C13H21N3O2/c1-9(2)14-8-11-7-12(17)16-13(15-11)10-3-5-18-6-4-10/h7,9-10,14H,3-6,8H2,1-2H3,(H,15,16,17). The summed E-state index contributed by atoms with van der Waals surface area (Å²) in [5.41, 5.74) is 0.751. The predicted octanol–water partition coefficient (Wildman–Crippen LogP) is 1.16. The van der Waals surface area contributed by atoms with Crippen molar-refractivity contribution in [3.63, 3.8) is 0 Å². The molecule has 0 saturated carbocycles. The molecule has 0 aliphatic carbocycles. The van der Waals surface area contributed by atoms with Crippen molar-refractivity contribution in [1.82, 2.24) is 15.3 Å². The van der Waals surface area contributed by atoms with Crippen LogP contribution < -0.4 is 10.9 Å². The second kappa shape index (κ2) is 6.11. The Hall–Kier alpha value is -1.20. The molecule has 1 saturated heterocycles. The van der Waals surface area contributed by atoms with Crippen molar-refractivity contribution < 1.29 is 4.74 Å². The van der Waals surface area contributed by atoms with Gasteiger partial charge in [0.15, 0.2) is 0 Å². The van der Waals surface area contributed by atoms with Crippen LogP contribution in [-0.2, 0) is 11.3 Å². The lowest BCUT2D eigenvalue weighted by atomic mass is 9.99. The van der Waals surface area contributed by atoms with E-state index in [9.17, 15) is 4.79 Å². The first kappa shape index (κ1) is 13.2. The second-order valence-electron chi connectivity index (χ2n) is 5.04. The van der Waals surface area contributed by atoms with Crippen molar-refractivity contribution in [3.8, 4) is 0 Å². The fourth-order valence-electron chi connectivity index (χ4n) is 2.09. The van der Waals surface area contributed by atoms with Gasteiger partial charge in [-0.1, -0.05) is 13.8 Å². The van der Waals surface area contributed by atoms with Gasteiger partial charge in [0.25, 0.3) is 5.56 Å². The summed E-state index contributed by atoms with van der Waals surface area (Å²) in [5.74, 6) is 1.14. The van der Waals surface area contributed by atoms with E-state index in [0.29, 0.717) is 18.5 Å². The molecule has 1 aromatic rings. The highest BCUT2D eigenvalue weighted by molar-refractivity contribution is 5.06. The molecule has 0 amide bonds. The lowest BCUT2D eigenvalue weighted by Gasteiger charge is -2.21. The molecule has 18 heavy (non-hydrogen) atoms. The van der Waals surface area contributed by atoms with E-state index < -0.39 is 0 Å². The van der Waals surface area contributed by atoms with Gasteiger partial charge in [0.1, 0.15) is 5.82 Å². The molecule has 2 heterocycles. The number of aromatic amines is 1. The Morgan fingerprint density at radius 3 is 2.89 bits per heavy atom. The summed E-state index contributed by atoms with van der Waals surface area (Å²) >= 11 is 0. The van der Waals surface area contributed by atoms with Crippen LogP contribution in [0.25, 0.3) is 0 Å². The molecule has 0 spiro atoms. The highest BCUT2D eigenvalue weighted by Gasteiger charge is 2.18. The van der Waals surface area contributed by atoms with Crippen LogP contribution in [0.3, 0.4) is 0 Å². The van der Waals surface area contributed by atoms with Gasteiger partial charge >= 0.3 is 0 Å². The van der Waals surface area contributed by atoms with E-state index in [1.165, 1.54) is 0 Å².